The molecule has 1 aromatic heterocycles. The summed E-state index contributed by atoms with van der Waals surface area (Å²) in [5.41, 5.74) is 0.752. The highest BCUT2D eigenvalue weighted by Crippen LogP contribution is 2.20. The van der Waals surface area contributed by atoms with Crippen LogP contribution in [0, 0.1) is 0 Å². The quantitative estimate of drug-likeness (QED) is 0.678. The number of carbonyl (C=O) groups is 1. The molecule has 0 bridgehead atoms. The Morgan fingerprint density at radius 1 is 1.15 bits per heavy atom. The molecule has 0 aliphatic rings. The third-order valence-electron chi connectivity index (χ3n) is 4.48. The normalized spacial score (nSPS) is 12.8. The monoisotopic (exact) mass is 385 g/mol. The summed E-state index contributed by atoms with van der Waals surface area (Å²) >= 11 is 0. The molecule has 3 rings (SSSR count). The summed E-state index contributed by atoms with van der Waals surface area (Å²) in [5.74, 6) is -0.536. The lowest BCUT2D eigenvalue weighted by Gasteiger charge is -2.12. The minimum Gasteiger partial charge on any atom is -0.348 e. The molecule has 0 radical (unpaired) electrons. The predicted octanol–water partition coefficient (Wildman–Crippen LogP) is 3.10. The Balaban J connectivity index is 1.62. The van der Waals surface area contributed by atoms with E-state index in [0.29, 0.717) is 0 Å². The molecule has 3 aromatic rings. The van der Waals surface area contributed by atoms with Gasteiger partial charge in [0.25, 0.3) is 0 Å². The first-order valence-electron chi connectivity index (χ1n) is 8.93. The van der Waals surface area contributed by atoms with Crippen molar-refractivity contribution in [3.05, 3.63) is 60.4 Å². The average Bonchev–Trinajstić information content (AvgIpc) is 3.15. The minimum atomic E-state index is -3.53. The van der Waals surface area contributed by atoms with Crippen LogP contribution in [0.1, 0.15) is 32.0 Å². The van der Waals surface area contributed by atoms with Gasteiger partial charge >= 0.3 is 0 Å². The number of rotatable bonds is 7. The van der Waals surface area contributed by atoms with E-state index in [1.165, 1.54) is 0 Å². The van der Waals surface area contributed by atoms with Gasteiger partial charge in [-0.2, -0.15) is 5.10 Å². The minimum absolute atomic E-state index is 0.0893. The van der Waals surface area contributed by atoms with Crippen molar-refractivity contribution >= 4 is 26.5 Å². The van der Waals surface area contributed by atoms with Crippen LogP contribution >= 0.6 is 0 Å². The number of aryl methyl sites for hydroxylation is 1. The van der Waals surface area contributed by atoms with E-state index in [-0.39, 0.29) is 29.0 Å². The second-order valence-corrected chi connectivity index (χ2v) is 8.57. The van der Waals surface area contributed by atoms with Crippen LogP contribution in [-0.4, -0.2) is 29.9 Å². The molecule has 1 amide bonds. The van der Waals surface area contributed by atoms with Crippen molar-refractivity contribution in [2.45, 2.75) is 37.8 Å². The van der Waals surface area contributed by atoms with Crippen molar-refractivity contribution in [1.29, 1.82) is 0 Å². The lowest BCUT2D eigenvalue weighted by atomic mass is 10.1. The summed E-state index contributed by atoms with van der Waals surface area (Å²) in [4.78, 5) is 12.4. The van der Waals surface area contributed by atoms with E-state index in [4.69, 9.17) is 0 Å². The van der Waals surface area contributed by atoms with Gasteiger partial charge in [0.15, 0.2) is 9.84 Å². The van der Waals surface area contributed by atoms with Gasteiger partial charge in [0, 0.05) is 19.2 Å². The molecule has 0 fully saturated rings. The van der Waals surface area contributed by atoms with E-state index in [1.807, 2.05) is 50.4 Å². The lowest BCUT2D eigenvalue weighted by molar-refractivity contribution is -0.121. The van der Waals surface area contributed by atoms with Gasteiger partial charge in [-0.1, -0.05) is 30.3 Å². The molecular weight excluding hydrogens is 362 g/mol. The topological polar surface area (TPSA) is 81.1 Å². The molecule has 2 aromatic carbocycles. The molecule has 1 atom stereocenters. The van der Waals surface area contributed by atoms with Crippen LogP contribution in [0.15, 0.2) is 59.6 Å². The third kappa shape index (κ3) is 4.54. The molecule has 6 nitrogen and oxygen atoms in total. The summed E-state index contributed by atoms with van der Waals surface area (Å²) < 4.78 is 26.9. The maximum Gasteiger partial charge on any atom is 0.221 e. The van der Waals surface area contributed by atoms with E-state index in [9.17, 15) is 13.2 Å². The molecule has 7 heteroatoms. The van der Waals surface area contributed by atoms with Crippen LogP contribution in [0.25, 0.3) is 10.8 Å². The van der Waals surface area contributed by atoms with E-state index in [1.54, 1.807) is 22.9 Å². The van der Waals surface area contributed by atoms with Gasteiger partial charge in [0.1, 0.15) is 0 Å². The number of nitrogens with one attached hydrogen (secondary N) is 1. The number of amides is 1. The number of hydrogen-bond donors (Lipinski definition) is 1. The fourth-order valence-corrected chi connectivity index (χ4v) is 4.15. The van der Waals surface area contributed by atoms with Crippen molar-refractivity contribution in [2.75, 3.05) is 5.75 Å². The van der Waals surface area contributed by atoms with E-state index >= 15 is 0 Å². The van der Waals surface area contributed by atoms with Crippen molar-refractivity contribution in [3.63, 3.8) is 0 Å². The summed E-state index contributed by atoms with van der Waals surface area (Å²) in [5, 5.41) is 9.00. The van der Waals surface area contributed by atoms with Crippen LogP contribution in [-0.2, 0) is 21.2 Å². The first-order chi connectivity index (χ1) is 12.9. The number of benzene rings is 2. The first kappa shape index (κ1) is 19.1. The number of nitrogens with zero attached hydrogens (tertiary/aromatic N) is 2. The molecule has 1 heterocycles. The Bertz CT molecular complexity index is 1060. The Morgan fingerprint density at radius 3 is 2.59 bits per heavy atom. The van der Waals surface area contributed by atoms with Crippen LogP contribution in [0.2, 0.25) is 0 Å². The molecule has 0 aliphatic heterocycles. The van der Waals surface area contributed by atoms with Crippen molar-refractivity contribution in [3.8, 4) is 0 Å². The molecule has 0 spiro atoms. The fourth-order valence-electron chi connectivity index (χ4n) is 2.88. The Hall–Kier alpha value is -2.67. The SMILES string of the molecule is CCn1ccc([C@H](C)NC(=O)CCS(=O)(=O)c2ccc3ccccc3c2)n1. The zero-order valence-corrected chi connectivity index (χ0v) is 16.2. The summed E-state index contributed by atoms with van der Waals surface area (Å²) in [6.45, 7) is 4.57. The second-order valence-electron chi connectivity index (χ2n) is 6.46. The van der Waals surface area contributed by atoms with Crippen LogP contribution < -0.4 is 5.32 Å². The molecule has 27 heavy (non-hydrogen) atoms. The lowest BCUT2D eigenvalue weighted by Crippen LogP contribution is -2.28. The Morgan fingerprint density at radius 2 is 1.89 bits per heavy atom. The van der Waals surface area contributed by atoms with E-state index < -0.39 is 9.84 Å². The zero-order chi connectivity index (χ0) is 19.4. The number of carbonyl (C=O) groups excluding carboxylic acids is 1. The Labute approximate surface area is 159 Å². The van der Waals surface area contributed by atoms with Gasteiger partial charge in [-0.15, -0.1) is 0 Å². The van der Waals surface area contributed by atoms with E-state index in [2.05, 4.69) is 10.4 Å². The number of aromatic nitrogens is 2. The second kappa shape index (κ2) is 7.92. The molecule has 142 valence electrons. The molecule has 0 saturated carbocycles. The van der Waals surface area contributed by atoms with Crippen molar-refractivity contribution in [2.24, 2.45) is 0 Å². The standard InChI is InChI=1S/C20H23N3O3S/c1-3-23-12-10-19(22-23)15(2)21-20(24)11-13-27(25,26)18-9-8-16-6-4-5-7-17(16)14-18/h4-10,12,14-15H,3,11,13H2,1-2H3,(H,21,24)/t15-/m0/s1. The van der Waals surface area contributed by atoms with Crippen molar-refractivity contribution < 1.29 is 13.2 Å². The summed E-state index contributed by atoms with van der Waals surface area (Å²) in [7, 11) is -3.53. The smallest absolute Gasteiger partial charge is 0.221 e. The number of sulfone groups is 1. The predicted molar refractivity (Wildman–Crippen MR) is 105 cm³/mol. The maximum atomic E-state index is 12.6. The fraction of sp³-hybridized carbons (Fsp3) is 0.300. The van der Waals surface area contributed by atoms with E-state index in [0.717, 1.165) is 23.0 Å². The van der Waals surface area contributed by atoms with Gasteiger partial charge in [0.2, 0.25) is 5.91 Å². The van der Waals surface area contributed by atoms with Gasteiger partial charge in [-0.05, 0) is 42.8 Å². The average molecular weight is 385 g/mol. The summed E-state index contributed by atoms with van der Waals surface area (Å²) in [6.07, 6.45) is 1.76. The van der Waals surface area contributed by atoms with Gasteiger partial charge in [-0.3, -0.25) is 9.48 Å². The maximum absolute atomic E-state index is 12.6. The number of fused-ring (bicyclic) bond motifs is 1. The first-order valence-corrected chi connectivity index (χ1v) is 10.6. The van der Waals surface area contributed by atoms with Gasteiger partial charge in [-0.25, -0.2) is 8.42 Å². The van der Waals surface area contributed by atoms with Gasteiger partial charge in [0.05, 0.1) is 22.4 Å². The summed E-state index contributed by atoms with van der Waals surface area (Å²) in [6, 6.07) is 14.2. The molecule has 0 unspecified atom stereocenters. The molecule has 0 saturated heterocycles. The third-order valence-corrected chi connectivity index (χ3v) is 6.20. The highest BCUT2D eigenvalue weighted by atomic mass is 32.2. The van der Waals surface area contributed by atoms with Crippen molar-refractivity contribution in [1.82, 2.24) is 15.1 Å². The highest BCUT2D eigenvalue weighted by Gasteiger charge is 2.18. The molecular formula is C20H23N3O3S. The zero-order valence-electron chi connectivity index (χ0n) is 15.4. The Kier molecular flexibility index (Phi) is 5.60. The van der Waals surface area contributed by atoms with Gasteiger partial charge < -0.3 is 5.32 Å². The van der Waals surface area contributed by atoms with Crippen LogP contribution in [0.5, 0.6) is 0 Å². The molecule has 1 N–H and O–H groups in total. The number of hydrogen-bond acceptors (Lipinski definition) is 4. The van der Waals surface area contributed by atoms with Crippen LogP contribution in [0.3, 0.4) is 0 Å². The largest absolute Gasteiger partial charge is 0.348 e. The highest BCUT2D eigenvalue weighted by molar-refractivity contribution is 7.91. The molecule has 0 aliphatic carbocycles. The van der Waals surface area contributed by atoms with Crippen LogP contribution in [0.4, 0.5) is 0 Å².